The predicted octanol–water partition coefficient (Wildman–Crippen LogP) is 3.06. The molecule has 0 radical (unpaired) electrons. The molecule has 2 aliphatic carbocycles. The quantitative estimate of drug-likeness (QED) is 0.871. The molecule has 1 atom stereocenters. The Morgan fingerprint density at radius 3 is 2.26 bits per heavy atom. The van der Waals surface area contributed by atoms with Gasteiger partial charge in [-0.05, 0) is 55.2 Å². The summed E-state index contributed by atoms with van der Waals surface area (Å²) in [6.07, 6.45) is 3.71. The predicted molar refractivity (Wildman–Crippen MR) is 72.2 cm³/mol. The number of hydrogen-bond acceptors (Lipinski definition) is 2. The fourth-order valence-electron chi connectivity index (χ4n) is 3.19. The van der Waals surface area contributed by atoms with Crippen molar-refractivity contribution in [3.8, 4) is 0 Å². The van der Waals surface area contributed by atoms with E-state index >= 15 is 0 Å². The number of hydrogen-bond donors (Lipinski definition) is 2. The highest BCUT2D eigenvalue weighted by atomic mass is 35.5. The number of carboxylic acid groups (broad SMARTS) is 1. The Morgan fingerprint density at radius 1 is 1.26 bits per heavy atom. The van der Waals surface area contributed by atoms with Crippen molar-refractivity contribution in [3.05, 3.63) is 34.9 Å². The second kappa shape index (κ2) is 4.50. The van der Waals surface area contributed by atoms with E-state index in [0.717, 1.165) is 25.7 Å². The van der Waals surface area contributed by atoms with Gasteiger partial charge < -0.3 is 10.2 Å². The highest BCUT2D eigenvalue weighted by molar-refractivity contribution is 6.30. The van der Waals surface area contributed by atoms with Crippen LogP contribution in [0.1, 0.15) is 37.2 Å². The van der Waals surface area contributed by atoms with Gasteiger partial charge in [0, 0.05) is 5.02 Å². The molecular weight excluding hydrogens is 264 g/mol. The maximum absolute atomic E-state index is 11.7. The van der Waals surface area contributed by atoms with Crippen LogP contribution in [0.4, 0.5) is 0 Å². The Kier molecular flexibility index (Phi) is 3.06. The summed E-state index contributed by atoms with van der Waals surface area (Å²) >= 11 is 5.96. The minimum absolute atomic E-state index is 0.125. The number of carbonyl (C=O) groups is 1. The average Bonchev–Trinajstić information content (AvgIpc) is 3.19. The van der Waals surface area contributed by atoms with Crippen LogP contribution in [0.25, 0.3) is 0 Å². The Balaban J connectivity index is 2.02. The topological polar surface area (TPSA) is 57.5 Å². The van der Waals surface area contributed by atoms with Crippen LogP contribution in [0.2, 0.25) is 5.02 Å². The lowest BCUT2D eigenvalue weighted by Gasteiger charge is -2.35. The minimum atomic E-state index is -1.10. The van der Waals surface area contributed by atoms with E-state index in [9.17, 15) is 15.0 Å². The lowest BCUT2D eigenvalue weighted by atomic mass is 9.75. The van der Waals surface area contributed by atoms with Crippen LogP contribution in [0, 0.1) is 11.8 Å². The first kappa shape index (κ1) is 12.9. The van der Waals surface area contributed by atoms with Crippen molar-refractivity contribution in [3.63, 3.8) is 0 Å². The third-order valence-corrected chi connectivity index (χ3v) is 4.59. The largest absolute Gasteiger partial charge is 0.481 e. The first-order valence-electron chi connectivity index (χ1n) is 6.74. The van der Waals surface area contributed by atoms with Crippen LogP contribution >= 0.6 is 11.6 Å². The molecule has 0 amide bonds. The van der Waals surface area contributed by atoms with Gasteiger partial charge in [-0.3, -0.25) is 4.79 Å². The molecular formula is C15H17ClO3. The van der Waals surface area contributed by atoms with Crippen molar-refractivity contribution in [2.75, 3.05) is 0 Å². The molecule has 0 spiro atoms. The van der Waals surface area contributed by atoms with Gasteiger partial charge in [0.25, 0.3) is 0 Å². The highest BCUT2D eigenvalue weighted by Crippen LogP contribution is 2.57. The SMILES string of the molecule is O=C(O)[C@H](c1cccc(Cl)c1)C(O)(C1CC1)C1CC1. The number of halogens is 1. The summed E-state index contributed by atoms with van der Waals surface area (Å²) in [5.41, 5.74) is -0.488. The zero-order chi connectivity index (χ0) is 13.6. The van der Waals surface area contributed by atoms with Crippen LogP contribution < -0.4 is 0 Å². The molecule has 0 bridgehead atoms. The van der Waals surface area contributed by atoms with Crippen LogP contribution in [0.3, 0.4) is 0 Å². The maximum atomic E-state index is 11.7. The number of aliphatic carboxylic acids is 1. The molecule has 4 heteroatoms. The summed E-state index contributed by atoms with van der Waals surface area (Å²) in [5, 5.41) is 21.2. The smallest absolute Gasteiger partial charge is 0.313 e. The molecule has 2 saturated carbocycles. The monoisotopic (exact) mass is 280 g/mol. The van der Waals surface area contributed by atoms with E-state index < -0.39 is 17.5 Å². The van der Waals surface area contributed by atoms with Crippen molar-refractivity contribution in [1.29, 1.82) is 0 Å². The van der Waals surface area contributed by atoms with Gasteiger partial charge in [-0.25, -0.2) is 0 Å². The standard InChI is InChI=1S/C15H17ClO3/c16-12-3-1-2-9(8-12)13(14(17)18)15(19,10-4-5-10)11-6-7-11/h1-3,8,10-11,13,19H,4-7H2,(H,17,18)/t13-/m0/s1. The fourth-order valence-corrected chi connectivity index (χ4v) is 3.39. The van der Waals surface area contributed by atoms with E-state index in [4.69, 9.17) is 11.6 Å². The Bertz CT molecular complexity index is 494. The summed E-state index contributed by atoms with van der Waals surface area (Å²) in [6.45, 7) is 0. The van der Waals surface area contributed by atoms with Crippen molar-refractivity contribution in [1.82, 2.24) is 0 Å². The van der Waals surface area contributed by atoms with Crippen molar-refractivity contribution in [2.24, 2.45) is 11.8 Å². The summed E-state index contributed by atoms with van der Waals surface area (Å²) in [7, 11) is 0. The average molecular weight is 281 g/mol. The van der Waals surface area contributed by atoms with E-state index in [0.29, 0.717) is 10.6 Å². The van der Waals surface area contributed by atoms with E-state index in [1.54, 1.807) is 24.3 Å². The van der Waals surface area contributed by atoms with Gasteiger partial charge in [-0.2, -0.15) is 0 Å². The summed E-state index contributed by atoms with van der Waals surface area (Å²) in [6, 6.07) is 6.88. The third kappa shape index (κ3) is 2.26. The maximum Gasteiger partial charge on any atom is 0.313 e. The number of aliphatic hydroxyl groups is 1. The molecule has 2 N–H and O–H groups in total. The van der Waals surface area contributed by atoms with Gasteiger partial charge in [0.2, 0.25) is 0 Å². The van der Waals surface area contributed by atoms with Crippen molar-refractivity contribution < 1.29 is 15.0 Å². The van der Waals surface area contributed by atoms with Gasteiger partial charge in [0.1, 0.15) is 5.92 Å². The van der Waals surface area contributed by atoms with E-state index in [1.807, 2.05) is 0 Å². The number of carboxylic acids is 1. The molecule has 0 aliphatic heterocycles. The van der Waals surface area contributed by atoms with Gasteiger partial charge in [-0.1, -0.05) is 23.7 Å². The van der Waals surface area contributed by atoms with E-state index in [2.05, 4.69) is 0 Å². The number of benzene rings is 1. The van der Waals surface area contributed by atoms with Crippen LogP contribution in [0.15, 0.2) is 24.3 Å². The molecule has 0 aromatic heterocycles. The molecule has 3 nitrogen and oxygen atoms in total. The van der Waals surface area contributed by atoms with Crippen molar-refractivity contribution >= 4 is 17.6 Å². The van der Waals surface area contributed by atoms with Crippen LogP contribution in [0.5, 0.6) is 0 Å². The Morgan fingerprint density at radius 2 is 1.84 bits per heavy atom. The molecule has 0 heterocycles. The second-order valence-corrected chi connectivity index (χ2v) is 6.20. The summed E-state index contributed by atoms with van der Waals surface area (Å²) in [5.74, 6) is -1.57. The van der Waals surface area contributed by atoms with Gasteiger partial charge in [0.05, 0.1) is 5.60 Å². The molecule has 1 aromatic rings. The fraction of sp³-hybridized carbons (Fsp3) is 0.533. The van der Waals surface area contributed by atoms with Crippen LogP contribution in [-0.4, -0.2) is 21.8 Å². The minimum Gasteiger partial charge on any atom is -0.481 e. The van der Waals surface area contributed by atoms with Crippen LogP contribution in [-0.2, 0) is 4.79 Å². The number of rotatable bonds is 5. The van der Waals surface area contributed by atoms with E-state index in [-0.39, 0.29) is 11.8 Å². The molecule has 3 rings (SSSR count). The van der Waals surface area contributed by atoms with Gasteiger partial charge in [0.15, 0.2) is 0 Å². The first-order valence-corrected chi connectivity index (χ1v) is 7.12. The van der Waals surface area contributed by atoms with Gasteiger partial charge in [-0.15, -0.1) is 0 Å². The lowest BCUT2D eigenvalue weighted by molar-refractivity contribution is -0.149. The zero-order valence-electron chi connectivity index (χ0n) is 10.6. The Labute approximate surface area is 117 Å². The van der Waals surface area contributed by atoms with Gasteiger partial charge >= 0.3 is 5.97 Å². The molecule has 0 unspecified atom stereocenters. The summed E-state index contributed by atoms with van der Waals surface area (Å²) < 4.78 is 0. The van der Waals surface area contributed by atoms with E-state index in [1.165, 1.54) is 0 Å². The molecule has 0 saturated heterocycles. The Hall–Kier alpha value is -1.06. The lowest BCUT2D eigenvalue weighted by Crippen LogP contribution is -2.44. The zero-order valence-corrected chi connectivity index (χ0v) is 11.3. The molecule has 2 fully saturated rings. The highest BCUT2D eigenvalue weighted by Gasteiger charge is 2.59. The summed E-state index contributed by atoms with van der Waals surface area (Å²) in [4.78, 5) is 11.7. The van der Waals surface area contributed by atoms with Crippen molar-refractivity contribution in [2.45, 2.75) is 37.2 Å². The molecule has 19 heavy (non-hydrogen) atoms. The molecule has 2 aliphatic rings. The third-order valence-electron chi connectivity index (χ3n) is 4.35. The molecule has 102 valence electrons. The first-order chi connectivity index (χ1) is 9.03. The normalized spacial score (nSPS) is 21.2. The molecule has 1 aromatic carbocycles. The second-order valence-electron chi connectivity index (χ2n) is 5.76.